The van der Waals surface area contributed by atoms with Crippen LogP contribution in [0.3, 0.4) is 0 Å². The molecule has 4 amide bonds. The van der Waals surface area contributed by atoms with Crippen molar-refractivity contribution in [3.05, 3.63) is 78.5 Å². The minimum absolute atomic E-state index is 0.0419. The van der Waals surface area contributed by atoms with E-state index in [0.717, 1.165) is 28.1 Å². The summed E-state index contributed by atoms with van der Waals surface area (Å²) in [5, 5.41) is 4.00. The molecule has 3 aromatic carbocycles. The summed E-state index contributed by atoms with van der Waals surface area (Å²) in [5.41, 5.74) is 3.19. The highest BCUT2D eigenvalue weighted by molar-refractivity contribution is 6.25. The van der Waals surface area contributed by atoms with Crippen molar-refractivity contribution in [1.29, 1.82) is 0 Å². The van der Waals surface area contributed by atoms with Crippen molar-refractivity contribution in [3.8, 4) is 23.0 Å². The fraction of sp³-hybridized carbons (Fsp3) is 0.111. The topological polar surface area (TPSA) is 122 Å². The van der Waals surface area contributed by atoms with Crippen LogP contribution in [-0.2, 0) is 9.59 Å². The van der Waals surface area contributed by atoms with Gasteiger partial charge in [-0.2, -0.15) is 0 Å². The van der Waals surface area contributed by atoms with Gasteiger partial charge in [0.05, 0.1) is 11.2 Å². The molecule has 3 heterocycles. The molecule has 1 aromatic heterocycles. The second kappa shape index (κ2) is 9.78. The van der Waals surface area contributed by atoms with Crippen molar-refractivity contribution in [1.82, 2.24) is 15.4 Å². The van der Waals surface area contributed by atoms with Crippen molar-refractivity contribution in [3.63, 3.8) is 0 Å². The summed E-state index contributed by atoms with van der Waals surface area (Å²) in [7, 11) is 1.33. The number of pyridine rings is 1. The standard InChI is InChI=1S/C27H19F2N5O6/c1-33-27(37)34(16-5-2-14(28)3-6-16)26(36)24(32-33)25(35)31-15-4-7-21(18(29)10-15)40-20-8-9-30-19-12-23-22(11-17(19)20)38-13-39-23/h2-12,24,32H,13H2,1H3,(H,31,35). The first-order chi connectivity index (χ1) is 19.3. The lowest BCUT2D eigenvalue weighted by atomic mass is 10.1. The Kier molecular flexibility index (Phi) is 6.11. The summed E-state index contributed by atoms with van der Waals surface area (Å²) < 4.78 is 45.0. The molecule has 0 spiro atoms. The van der Waals surface area contributed by atoms with E-state index in [4.69, 9.17) is 14.2 Å². The maximum atomic E-state index is 15.0. The van der Waals surface area contributed by atoms with Crippen molar-refractivity contribution in [2.45, 2.75) is 6.04 Å². The quantitative estimate of drug-likeness (QED) is 0.361. The number of nitrogens with zero attached hydrogens (tertiary/aromatic N) is 3. The van der Waals surface area contributed by atoms with Crippen LogP contribution in [0.1, 0.15) is 0 Å². The Morgan fingerprint density at radius 2 is 1.77 bits per heavy atom. The zero-order valence-electron chi connectivity index (χ0n) is 20.7. The minimum atomic E-state index is -1.53. The van der Waals surface area contributed by atoms with Crippen LogP contribution in [0.5, 0.6) is 23.0 Å². The minimum Gasteiger partial charge on any atom is -0.454 e. The average molecular weight is 547 g/mol. The van der Waals surface area contributed by atoms with Crippen LogP contribution in [0.25, 0.3) is 10.9 Å². The number of fused-ring (bicyclic) bond motifs is 2. The summed E-state index contributed by atoms with van der Waals surface area (Å²) in [5.74, 6) is -1.82. The number of ether oxygens (including phenoxy) is 3. The number of urea groups is 1. The van der Waals surface area contributed by atoms with Gasteiger partial charge in [-0.05, 0) is 48.5 Å². The highest BCUT2D eigenvalue weighted by atomic mass is 19.1. The van der Waals surface area contributed by atoms with Crippen molar-refractivity contribution >= 4 is 40.1 Å². The fourth-order valence-corrected chi connectivity index (χ4v) is 4.27. The maximum Gasteiger partial charge on any atom is 0.345 e. The predicted octanol–water partition coefficient (Wildman–Crippen LogP) is 3.94. The van der Waals surface area contributed by atoms with Gasteiger partial charge < -0.3 is 19.5 Å². The largest absolute Gasteiger partial charge is 0.454 e. The Bertz CT molecular complexity index is 1680. The van der Waals surface area contributed by atoms with Crippen molar-refractivity contribution in [2.24, 2.45) is 0 Å². The Morgan fingerprint density at radius 1 is 1.02 bits per heavy atom. The number of amides is 4. The number of hydrazine groups is 1. The van der Waals surface area contributed by atoms with Crippen LogP contribution < -0.4 is 29.9 Å². The molecule has 1 fully saturated rings. The van der Waals surface area contributed by atoms with E-state index in [1.807, 2.05) is 0 Å². The fourth-order valence-electron chi connectivity index (χ4n) is 4.27. The molecule has 0 aliphatic carbocycles. The summed E-state index contributed by atoms with van der Waals surface area (Å²) in [6, 6.07) is 11.1. The van der Waals surface area contributed by atoms with E-state index in [2.05, 4.69) is 15.7 Å². The van der Waals surface area contributed by atoms with Crippen LogP contribution in [-0.4, -0.2) is 47.7 Å². The third-order valence-electron chi connectivity index (χ3n) is 6.23. The molecular weight excluding hydrogens is 528 g/mol. The molecule has 1 atom stereocenters. The first-order valence-electron chi connectivity index (χ1n) is 11.9. The molecule has 1 saturated heterocycles. The lowest BCUT2D eigenvalue weighted by molar-refractivity contribution is -0.130. The molecule has 2 N–H and O–H groups in total. The number of aromatic nitrogens is 1. The first-order valence-corrected chi connectivity index (χ1v) is 11.9. The second-order valence-electron chi connectivity index (χ2n) is 8.82. The van der Waals surface area contributed by atoms with Crippen molar-refractivity contribution < 1.29 is 37.4 Å². The van der Waals surface area contributed by atoms with E-state index in [-0.39, 0.29) is 23.9 Å². The van der Waals surface area contributed by atoms with Gasteiger partial charge in [0.1, 0.15) is 11.6 Å². The number of anilines is 2. The first kappa shape index (κ1) is 25.0. The van der Waals surface area contributed by atoms with Gasteiger partial charge in [0.2, 0.25) is 6.79 Å². The van der Waals surface area contributed by atoms with Crippen LogP contribution in [0.15, 0.2) is 66.9 Å². The molecule has 13 heteroatoms. The van der Waals surface area contributed by atoms with E-state index in [1.165, 1.54) is 37.5 Å². The Hall–Kier alpha value is -5.30. The molecule has 2 aliphatic rings. The predicted molar refractivity (Wildman–Crippen MR) is 137 cm³/mol. The lowest BCUT2D eigenvalue weighted by Crippen LogP contribution is -2.67. The molecule has 2 aliphatic heterocycles. The van der Waals surface area contributed by atoms with Gasteiger partial charge >= 0.3 is 6.03 Å². The number of nitrogens with one attached hydrogen (secondary N) is 2. The van der Waals surface area contributed by atoms with E-state index in [9.17, 15) is 18.8 Å². The highest BCUT2D eigenvalue weighted by Crippen LogP contribution is 2.39. The van der Waals surface area contributed by atoms with E-state index < -0.39 is 35.5 Å². The normalized spacial score (nSPS) is 16.4. The molecule has 11 nitrogen and oxygen atoms in total. The molecule has 202 valence electrons. The van der Waals surface area contributed by atoms with Crippen LogP contribution >= 0.6 is 0 Å². The third kappa shape index (κ3) is 4.47. The molecule has 6 rings (SSSR count). The summed E-state index contributed by atoms with van der Waals surface area (Å²) in [4.78, 5) is 43.6. The number of carbonyl (C=O) groups excluding carboxylic acids is 3. The number of hydrogen-bond donors (Lipinski definition) is 2. The molecule has 1 unspecified atom stereocenters. The van der Waals surface area contributed by atoms with Crippen molar-refractivity contribution in [2.75, 3.05) is 24.1 Å². The molecule has 0 radical (unpaired) electrons. The summed E-state index contributed by atoms with van der Waals surface area (Å²) in [6.07, 6.45) is 1.51. The molecule has 40 heavy (non-hydrogen) atoms. The van der Waals surface area contributed by atoms with Crippen LogP contribution in [0, 0.1) is 11.6 Å². The van der Waals surface area contributed by atoms with Gasteiger partial charge in [-0.15, -0.1) is 0 Å². The van der Waals surface area contributed by atoms with E-state index in [0.29, 0.717) is 28.2 Å². The van der Waals surface area contributed by atoms with Gasteiger partial charge in [0, 0.05) is 36.5 Å². The number of benzene rings is 3. The van der Waals surface area contributed by atoms with Gasteiger partial charge in [-0.1, -0.05) is 0 Å². The van der Waals surface area contributed by atoms with E-state index >= 15 is 4.39 Å². The van der Waals surface area contributed by atoms with Gasteiger partial charge in [-0.3, -0.25) is 19.6 Å². The molecule has 4 aromatic rings. The third-order valence-corrected chi connectivity index (χ3v) is 6.23. The molecule has 0 bridgehead atoms. The number of hydrogen-bond acceptors (Lipinski definition) is 8. The number of carbonyl (C=O) groups is 3. The zero-order valence-corrected chi connectivity index (χ0v) is 20.7. The monoisotopic (exact) mass is 547 g/mol. The number of imide groups is 1. The van der Waals surface area contributed by atoms with Gasteiger partial charge in [-0.25, -0.2) is 23.9 Å². The molecular formula is C27H19F2N5O6. The van der Waals surface area contributed by atoms with Crippen LogP contribution in [0.2, 0.25) is 0 Å². The smallest absolute Gasteiger partial charge is 0.345 e. The zero-order chi connectivity index (χ0) is 28.0. The highest BCUT2D eigenvalue weighted by Gasteiger charge is 2.42. The second-order valence-corrected chi connectivity index (χ2v) is 8.82. The summed E-state index contributed by atoms with van der Waals surface area (Å²) in [6.45, 7) is 0.0858. The molecule has 0 saturated carbocycles. The van der Waals surface area contributed by atoms with Gasteiger partial charge in [0.15, 0.2) is 29.1 Å². The number of halogens is 2. The SMILES string of the molecule is CN1NC(C(=O)Nc2ccc(Oc3ccnc4cc5c(cc34)OCO5)c(F)c2)C(=O)N(c2ccc(F)cc2)C1=O. The summed E-state index contributed by atoms with van der Waals surface area (Å²) >= 11 is 0. The van der Waals surface area contributed by atoms with Gasteiger partial charge in [0.25, 0.3) is 11.8 Å². The number of rotatable bonds is 5. The van der Waals surface area contributed by atoms with Crippen LogP contribution in [0.4, 0.5) is 25.0 Å². The Morgan fingerprint density at radius 3 is 2.52 bits per heavy atom. The lowest BCUT2D eigenvalue weighted by Gasteiger charge is -2.36. The Labute approximate surface area is 224 Å². The average Bonchev–Trinajstić information content (AvgIpc) is 3.40. The Balaban J connectivity index is 1.20. The maximum absolute atomic E-state index is 15.0. The van der Waals surface area contributed by atoms with E-state index in [1.54, 1.807) is 18.2 Å².